The lowest BCUT2D eigenvalue weighted by Crippen LogP contribution is -2.53. The molecule has 0 amide bonds. The third-order valence-electron chi connectivity index (χ3n) is 1.72. The first-order valence-electron chi connectivity index (χ1n) is 3.35. The third kappa shape index (κ3) is 1.69. The van der Waals surface area contributed by atoms with E-state index in [1.165, 1.54) is 7.11 Å². The van der Waals surface area contributed by atoms with Crippen molar-refractivity contribution in [1.82, 2.24) is 0 Å². The van der Waals surface area contributed by atoms with Crippen LogP contribution in [0.25, 0.3) is 0 Å². The predicted molar refractivity (Wildman–Crippen MR) is 34.8 cm³/mol. The molecule has 1 heterocycles. The fourth-order valence-corrected chi connectivity index (χ4v) is 1.03. The van der Waals surface area contributed by atoms with Gasteiger partial charge in [-0.05, 0) is 0 Å². The highest BCUT2D eigenvalue weighted by Gasteiger charge is 2.37. The Labute approximate surface area is 64.2 Å². The largest absolute Gasteiger partial charge is 0.388 e. The van der Waals surface area contributed by atoms with E-state index in [1.54, 1.807) is 0 Å². The van der Waals surface area contributed by atoms with Crippen molar-refractivity contribution in [3.05, 3.63) is 0 Å². The molecule has 0 aromatic rings. The molecule has 1 aliphatic rings. The van der Waals surface area contributed by atoms with Gasteiger partial charge in [-0.2, -0.15) is 0 Å². The lowest BCUT2D eigenvalue weighted by Gasteiger charge is -2.34. The van der Waals surface area contributed by atoms with Crippen molar-refractivity contribution in [1.29, 1.82) is 0 Å². The van der Waals surface area contributed by atoms with Gasteiger partial charge in [0.05, 0.1) is 6.61 Å². The summed E-state index contributed by atoms with van der Waals surface area (Å²) in [6, 6.07) is 0. The van der Waals surface area contributed by atoms with Gasteiger partial charge < -0.3 is 24.8 Å². The highest BCUT2D eigenvalue weighted by atomic mass is 16.6. The maximum atomic E-state index is 9.19. The Kier molecular flexibility index (Phi) is 2.80. The van der Waals surface area contributed by atoms with Crippen LogP contribution >= 0.6 is 0 Å². The zero-order chi connectivity index (χ0) is 8.43. The van der Waals surface area contributed by atoms with Gasteiger partial charge in [0.25, 0.3) is 0 Å². The summed E-state index contributed by atoms with van der Waals surface area (Å²) in [5, 5.41) is 27.3. The van der Waals surface area contributed by atoms with E-state index in [-0.39, 0.29) is 6.61 Å². The van der Waals surface area contributed by atoms with Gasteiger partial charge >= 0.3 is 0 Å². The van der Waals surface area contributed by atoms with Gasteiger partial charge in [0.1, 0.15) is 18.3 Å². The van der Waals surface area contributed by atoms with E-state index in [9.17, 15) is 5.11 Å². The molecule has 5 nitrogen and oxygen atoms in total. The third-order valence-corrected chi connectivity index (χ3v) is 1.72. The Balaban J connectivity index is 2.55. The number of aliphatic hydroxyl groups excluding tert-OH is 3. The standard InChI is InChI=1S/C6H12O5/c1-10-5-4(8)3(7)2-11-6(5)9/h3-9H,2H2,1H3/t3-,4-,5-,6+/m0/s1. The SMILES string of the molecule is CO[C@H]1[C@@H](O)[C@@H](O)CO[C@H]1O. The van der Waals surface area contributed by atoms with Gasteiger partial charge in [0, 0.05) is 7.11 Å². The van der Waals surface area contributed by atoms with Gasteiger partial charge in [-0.1, -0.05) is 0 Å². The second kappa shape index (κ2) is 3.46. The Morgan fingerprint density at radius 2 is 2.00 bits per heavy atom. The van der Waals surface area contributed by atoms with E-state index >= 15 is 0 Å². The highest BCUT2D eigenvalue weighted by molar-refractivity contribution is 4.82. The van der Waals surface area contributed by atoms with Crippen LogP contribution in [0.2, 0.25) is 0 Å². The molecule has 0 aromatic carbocycles. The monoisotopic (exact) mass is 164 g/mol. The summed E-state index contributed by atoms with van der Waals surface area (Å²) >= 11 is 0. The molecule has 66 valence electrons. The minimum Gasteiger partial charge on any atom is -0.388 e. The first kappa shape index (κ1) is 8.89. The van der Waals surface area contributed by atoms with Crippen molar-refractivity contribution >= 4 is 0 Å². The van der Waals surface area contributed by atoms with Gasteiger partial charge in [0.2, 0.25) is 0 Å². The first-order valence-corrected chi connectivity index (χ1v) is 3.35. The van der Waals surface area contributed by atoms with E-state index in [1.807, 2.05) is 0 Å². The van der Waals surface area contributed by atoms with Crippen molar-refractivity contribution in [2.45, 2.75) is 24.6 Å². The number of rotatable bonds is 1. The lowest BCUT2D eigenvalue weighted by molar-refractivity contribution is -0.258. The molecule has 1 saturated heterocycles. The van der Waals surface area contributed by atoms with Gasteiger partial charge in [-0.25, -0.2) is 0 Å². The molecule has 1 rings (SSSR count). The molecule has 0 radical (unpaired) electrons. The highest BCUT2D eigenvalue weighted by Crippen LogP contribution is 2.15. The molecule has 4 atom stereocenters. The van der Waals surface area contributed by atoms with Crippen molar-refractivity contribution < 1.29 is 24.8 Å². The molecule has 1 fully saturated rings. The average molecular weight is 164 g/mol. The van der Waals surface area contributed by atoms with Crippen LogP contribution in [-0.2, 0) is 9.47 Å². The van der Waals surface area contributed by atoms with E-state index < -0.39 is 24.6 Å². The molecule has 0 aliphatic carbocycles. The molecular formula is C6H12O5. The molecule has 1 aliphatic heterocycles. The van der Waals surface area contributed by atoms with Crippen molar-refractivity contribution in [2.24, 2.45) is 0 Å². The predicted octanol–water partition coefficient (Wildman–Crippen LogP) is -1.93. The molecule has 0 spiro atoms. The number of hydrogen-bond donors (Lipinski definition) is 3. The first-order chi connectivity index (χ1) is 5.16. The van der Waals surface area contributed by atoms with Gasteiger partial charge in [-0.3, -0.25) is 0 Å². The Bertz CT molecular complexity index is 128. The maximum absolute atomic E-state index is 9.19. The Morgan fingerprint density at radius 3 is 2.45 bits per heavy atom. The fraction of sp³-hybridized carbons (Fsp3) is 1.00. The van der Waals surface area contributed by atoms with Crippen LogP contribution in [0.5, 0.6) is 0 Å². The zero-order valence-electron chi connectivity index (χ0n) is 6.17. The molecule has 0 unspecified atom stereocenters. The minimum absolute atomic E-state index is 0.0673. The molecule has 11 heavy (non-hydrogen) atoms. The van der Waals surface area contributed by atoms with Crippen LogP contribution in [0.15, 0.2) is 0 Å². The topological polar surface area (TPSA) is 79.2 Å². The Hall–Kier alpha value is -0.200. The smallest absolute Gasteiger partial charge is 0.183 e. The fourth-order valence-electron chi connectivity index (χ4n) is 1.03. The van der Waals surface area contributed by atoms with Crippen LogP contribution in [0.3, 0.4) is 0 Å². The van der Waals surface area contributed by atoms with Crippen molar-refractivity contribution in [3.8, 4) is 0 Å². The summed E-state index contributed by atoms with van der Waals surface area (Å²) < 4.78 is 9.39. The molecule has 0 saturated carbocycles. The second-order valence-electron chi connectivity index (χ2n) is 2.48. The normalized spacial score (nSPS) is 45.8. The maximum Gasteiger partial charge on any atom is 0.183 e. The summed E-state index contributed by atoms with van der Waals surface area (Å²) in [5.41, 5.74) is 0. The zero-order valence-corrected chi connectivity index (χ0v) is 6.17. The summed E-state index contributed by atoms with van der Waals surface area (Å²) in [5.74, 6) is 0. The molecule has 3 N–H and O–H groups in total. The molecule has 0 aromatic heterocycles. The lowest BCUT2D eigenvalue weighted by atomic mass is 10.1. The summed E-state index contributed by atoms with van der Waals surface area (Å²) in [7, 11) is 1.33. The van der Waals surface area contributed by atoms with Crippen LogP contribution in [0, 0.1) is 0 Å². The van der Waals surface area contributed by atoms with Gasteiger partial charge in [0.15, 0.2) is 6.29 Å². The molecule has 5 heteroatoms. The summed E-state index contributed by atoms with van der Waals surface area (Å²) in [6.45, 7) is -0.0673. The molecular weight excluding hydrogens is 152 g/mol. The van der Waals surface area contributed by atoms with Crippen LogP contribution < -0.4 is 0 Å². The number of methoxy groups -OCH3 is 1. The molecule has 0 bridgehead atoms. The summed E-state index contributed by atoms with van der Waals surface area (Å²) in [4.78, 5) is 0. The van der Waals surface area contributed by atoms with Crippen LogP contribution in [0.1, 0.15) is 0 Å². The number of ether oxygens (including phenoxy) is 2. The van der Waals surface area contributed by atoms with Crippen molar-refractivity contribution in [2.75, 3.05) is 13.7 Å². The van der Waals surface area contributed by atoms with E-state index in [2.05, 4.69) is 4.74 Å². The van der Waals surface area contributed by atoms with Crippen LogP contribution in [0.4, 0.5) is 0 Å². The summed E-state index contributed by atoms with van der Waals surface area (Å²) in [6.07, 6.45) is -4.08. The van der Waals surface area contributed by atoms with Gasteiger partial charge in [-0.15, -0.1) is 0 Å². The second-order valence-corrected chi connectivity index (χ2v) is 2.48. The number of hydrogen-bond acceptors (Lipinski definition) is 5. The van der Waals surface area contributed by atoms with E-state index in [0.717, 1.165) is 0 Å². The van der Waals surface area contributed by atoms with Crippen LogP contribution in [-0.4, -0.2) is 53.6 Å². The van der Waals surface area contributed by atoms with Crippen molar-refractivity contribution in [3.63, 3.8) is 0 Å². The Morgan fingerprint density at radius 1 is 1.36 bits per heavy atom. The minimum atomic E-state index is -1.15. The number of aliphatic hydroxyl groups is 3. The van der Waals surface area contributed by atoms with E-state index in [0.29, 0.717) is 0 Å². The van der Waals surface area contributed by atoms with E-state index in [4.69, 9.17) is 14.9 Å². The quantitative estimate of drug-likeness (QED) is 0.420. The average Bonchev–Trinajstić information content (AvgIpc) is 1.99.